The maximum absolute atomic E-state index is 12.4. The number of carbonyl (C=O) groups is 2. The van der Waals surface area contributed by atoms with Gasteiger partial charge in [0.2, 0.25) is 5.91 Å². The average Bonchev–Trinajstić information content (AvgIpc) is 2.97. The van der Waals surface area contributed by atoms with E-state index in [1.807, 2.05) is 30.3 Å². The van der Waals surface area contributed by atoms with Gasteiger partial charge in [-0.05, 0) is 24.5 Å². The zero-order chi connectivity index (χ0) is 16.3. The summed E-state index contributed by atoms with van der Waals surface area (Å²) in [6.45, 7) is 1.79. The number of hydrogen-bond donors (Lipinski definition) is 1. The van der Waals surface area contributed by atoms with Crippen molar-refractivity contribution in [1.29, 1.82) is 0 Å². The second kappa shape index (κ2) is 6.58. The normalized spacial score (nSPS) is 26.6. The Morgan fingerprint density at radius 1 is 1.35 bits per heavy atom. The maximum Gasteiger partial charge on any atom is 0.314 e. The predicted molar refractivity (Wildman–Crippen MR) is 82.1 cm³/mol. The van der Waals surface area contributed by atoms with Crippen LogP contribution in [0.4, 0.5) is 0 Å². The lowest BCUT2D eigenvalue weighted by molar-refractivity contribution is -0.159. The van der Waals surface area contributed by atoms with Crippen molar-refractivity contribution in [2.45, 2.75) is 12.8 Å². The zero-order valence-electron chi connectivity index (χ0n) is 12.9. The summed E-state index contributed by atoms with van der Waals surface area (Å²) in [7, 11) is 0. The van der Waals surface area contributed by atoms with Gasteiger partial charge in [-0.15, -0.1) is 0 Å². The first-order valence-electron chi connectivity index (χ1n) is 7.88. The van der Waals surface area contributed by atoms with Gasteiger partial charge in [0.05, 0.1) is 19.6 Å². The smallest absolute Gasteiger partial charge is 0.314 e. The van der Waals surface area contributed by atoms with E-state index >= 15 is 0 Å². The highest BCUT2D eigenvalue weighted by Gasteiger charge is 2.55. The summed E-state index contributed by atoms with van der Waals surface area (Å²) in [4.78, 5) is 25.7. The molecule has 2 aliphatic heterocycles. The lowest BCUT2D eigenvalue weighted by Gasteiger charge is -2.33. The van der Waals surface area contributed by atoms with Crippen LogP contribution in [0.2, 0.25) is 0 Å². The molecule has 2 saturated heterocycles. The molecule has 0 aromatic heterocycles. The third-order valence-electron chi connectivity index (χ3n) is 4.77. The Morgan fingerprint density at radius 2 is 2.13 bits per heavy atom. The number of para-hydroxylation sites is 1. The van der Waals surface area contributed by atoms with Crippen LogP contribution in [0.25, 0.3) is 0 Å². The van der Waals surface area contributed by atoms with Crippen molar-refractivity contribution in [1.82, 2.24) is 4.90 Å². The number of benzene rings is 1. The van der Waals surface area contributed by atoms with Crippen LogP contribution in [0.15, 0.2) is 30.3 Å². The molecule has 6 nitrogen and oxygen atoms in total. The SMILES string of the molecule is O=C(CCOc1ccccc1)N1C[C@@H]2CCOC[C@]2(C(=O)O)C1. The molecule has 2 heterocycles. The molecule has 2 fully saturated rings. The number of hydrogen-bond acceptors (Lipinski definition) is 4. The molecule has 0 aliphatic carbocycles. The van der Waals surface area contributed by atoms with Gasteiger partial charge in [-0.3, -0.25) is 9.59 Å². The molecule has 124 valence electrons. The van der Waals surface area contributed by atoms with Gasteiger partial charge in [0.25, 0.3) is 0 Å². The molecular weight excluding hydrogens is 298 g/mol. The molecule has 3 rings (SSSR count). The molecule has 2 atom stereocenters. The first-order chi connectivity index (χ1) is 11.1. The van der Waals surface area contributed by atoms with Crippen LogP contribution >= 0.6 is 0 Å². The van der Waals surface area contributed by atoms with Gasteiger partial charge < -0.3 is 19.5 Å². The van der Waals surface area contributed by atoms with E-state index in [4.69, 9.17) is 9.47 Å². The quantitative estimate of drug-likeness (QED) is 0.888. The zero-order valence-corrected chi connectivity index (χ0v) is 12.9. The molecule has 2 aliphatic rings. The summed E-state index contributed by atoms with van der Waals surface area (Å²) in [5, 5.41) is 9.58. The highest BCUT2D eigenvalue weighted by Crippen LogP contribution is 2.41. The Hall–Kier alpha value is -2.08. The Balaban J connectivity index is 1.55. The third-order valence-corrected chi connectivity index (χ3v) is 4.77. The van der Waals surface area contributed by atoms with Gasteiger partial charge >= 0.3 is 5.97 Å². The second-order valence-electron chi connectivity index (χ2n) is 6.19. The number of fused-ring (bicyclic) bond motifs is 1. The van der Waals surface area contributed by atoms with Crippen molar-refractivity contribution in [3.05, 3.63) is 30.3 Å². The van der Waals surface area contributed by atoms with E-state index in [9.17, 15) is 14.7 Å². The highest BCUT2D eigenvalue weighted by atomic mass is 16.5. The summed E-state index contributed by atoms with van der Waals surface area (Å²) >= 11 is 0. The minimum atomic E-state index is -0.936. The van der Waals surface area contributed by atoms with E-state index in [1.54, 1.807) is 4.90 Å². The van der Waals surface area contributed by atoms with Crippen LogP contribution in [0.5, 0.6) is 5.75 Å². The Labute approximate surface area is 135 Å². The van der Waals surface area contributed by atoms with E-state index in [0.717, 1.165) is 5.75 Å². The van der Waals surface area contributed by atoms with Gasteiger partial charge in [0.1, 0.15) is 11.2 Å². The number of carboxylic acid groups (broad SMARTS) is 1. The van der Waals surface area contributed by atoms with Crippen molar-refractivity contribution in [3.63, 3.8) is 0 Å². The molecule has 0 spiro atoms. The van der Waals surface area contributed by atoms with Crippen molar-refractivity contribution in [3.8, 4) is 5.75 Å². The van der Waals surface area contributed by atoms with E-state index < -0.39 is 11.4 Å². The van der Waals surface area contributed by atoms with Crippen LogP contribution in [-0.4, -0.2) is 54.8 Å². The molecule has 1 aromatic rings. The van der Waals surface area contributed by atoms with Crippen molar-refractivity contribution >= 4 is 11.9 Å². The molecule has 0 radical (unpaired) electrons. The monoisotopic (exact) mass is 319 g/mol. The van der Waals surface area contributed by atoms with E-state index in [-0.39, 0.29) is 31.4 Å². The fraction of sp³-hybridized carbons (Fsp3) is 0.529. The number of rotatable bonds is 5. The minimum absolute atomic E-state index is 0.0206. The highest BCUT2D eigenvalue weighted by molar-refractivity contribution is 5.81. The maximum atomic E-state index is 12.4. The molecule has 1 amide bonds. The topological polar surface area (TPSA) is 76.1 Å². The van der Waals surface area contributed by atoms with Crippen LogP contribution in [0.1, 0.15) is 12.8 Å². The van der Waals surface area contributed by atoms with Gasteiger partial charge in [-0.25, -0.2) is 0 Å². The molecule has 0 saturated carbocycles. The van der Waals surface area contributed by atoms with Gasteiger partial charge in [-0.1, -0.05) is 18.2 Å². The van der Waals surface area contributed by atoms with Crippen molar-refractivity contribution < 1.29 is 24.2 Å². The van der Waals surface area contributed by atoms with E-state index in [1.165, 1.54) is 0 Å². The van der Waals surface area contributed by atoms with Crippen LogP contribution < -0.4 is 4.74 Å². The van der Waals surface area contributed by atoms with Crippen LogP contribution in [-0.2, 0) is 14.3 Å². The number of likely N-dealkylation sites (tertiary alicyclic amines) is 1. The van der Waals surface area contributed by atoms with Gasteiger partial charge in [0, 0.05) is 19.7 Å². The second-order valence-corrected chi connectivity index (χ2v) is 6.19. The fourth-order valence-electron chi connectivity index (χ4n) is 3.41. The summed E-state index contributed by atoms with van der Waals surface area (Å²) in [5.74, 6) is -0.215. The summed E-state index contributed by atoms with van der Waals surface area (Å²) in [6, 6.07) is 9.33. The summed E-state index contributed by atoms with van der Waals surface area (Å²) in [6.07, 6.45) is 0.939. The summed E-state index contributed by atoms with van der Waals surface area (Å²) < 4.78 is 10.9. The summed E-state index contributed by atoms with van der Waals surface area (Å²) in [5.41, 5.74) is -0.936. The number of nitrogens with zero attached hydrogens (tertiary/aromatic N) is 1. The van der Waals surface area contributed by atoms with E-state index in [2.05, 4.69) is 0 Å². The molecule has 1 N–H and O–H groups in total. The lowest BCUT2D eigenvalue weighted by atomic mass is 9.76. The Morgan fingerprint density at radius 3 is 2.83 bits per heavy atom. The van der Waals surface area contributed by atoms with Crippen molar-refractivity contribution in [2.24, 2.45) is 11.3 Å². The van der Waals surface area contributed by atoms with Crippen LogP contribution in [0, 0.1) is 11.3 Å². The first kappa shape index (κ1) is 15.8. The number of aliphatic carboxylic acids is 1. The molecule has 23 heavy (non-hydrogen) atoms. The fourth-order valence-corrected chi connectivity index (χ4v) is 3.41. The largest absolute Gasteiger partial charge is 0.493 e. The standard InChI is InChI=1S/C17H21NO5/c19-15(7-9-23-14-4-2-1-3-5-14)18-10-13-6-8-22-12-17(13,11-18)16(20)21/h1-5,13H,6-12H2,(H,20,21)/t13-,17+/m0/s1. The average molecular weight is 319 g/mol. The lowest BCUT2D eigenvalue weighted by Crippen LogP contribution is -2.46. The Bertz CT molecular complexity index is 576. The number of carbonyl (C=O) groups excluding carboxylic acids is 1. The van der Waals surface area contributed by atoms with Gasteiger partial charge in [0.15, 0.2) is 0 Å². The van der Waals surface area contributed by atoms with E-state index in [0.29, 0.717) is 26.2 Å². The molecule has 0 bridgehead atoms. The molecule has 0 unspecified atom stereocenters. The van der Waals surface area contributed by atoms with Gasteiger partial charge in [-0.2, -0.15) is 0 Å². The molecule has 6 heteroatoms. The molecular formula is C17H21NO5. The van der Waals surface area contributed by atoms with Crippen molar-refractivity contribution in [2.75, 3.05) is 32.9 Å². The Kier molecular flexibility index (Phi) is 4.52. The number of carboxylic acids is 1. The molecule has 1 aromatic carbocycles. The predicted octanol–water partition coefficient (Wildman–Crippen LogP) is 1.41. The number of amides is 1. The third kappa shape index (κ3) is 3.17. The number of ether oxygens (including phenoxy) is 2. The van der Waals surface area contributed by atoms with Crippen LogP contribution in [0.3, 0.4) is 0 Å². The first-order valence-corrected chi connectivity index (χ1v) is 7.88. The minimum Gasteiger partial charge on any atom is -0.493 e.